The molecule has 1 aromatic heterocycles. The number of fused-ring (bicyclic) bond motifs is 1. The van der Waals surface area contributed by atoms with E-state index < -0.39 is 0 Å². The Balaban J connectivity index is 1.83. The van der Waals surface area contributed by atoms with E-state index in [0.29, 0.717) is 0 Å². The molecule has 0 aliphatic heterocycles. The van der Waals surface area contributed by atoms with Crippen LogP contribution in [0.4, 0.5) is 0 Å². The van der Waals surface area contributed by atoms with Gasteiger partial charge in [-0.1, -0.05) is 77.6 Å². The SMILES string of the molecule is Cc1ccccc1SC(c1ccccc1)n1nnc2ccccc21. The van der Waals surface area contributed by atoms with E-state index >= 15 is 0 Å². The van der Waals surface area contributed by atoms with E-state index in [0.717, 1.165) is 11.0 Å². The Labute approximate surface area is 145 Å². The summed E-state index contributed by atoms with van der Waals surface area (Å²) in [6.07, 6.45) is 0. The second kappa shape index (κ2) is 6.49. The fourth-order valence-corrected chi connectivity index (χ4v) is 3.95. The number of nitrogens with zero attached hydrogens (tertiary/aromatic N) is 3. The van der Waals surface area contributed by atoms with Gasteiger partial charge in [0.1, 0.15) is 10.9 Å². The number of rotatable bonds is 4. The summed E-state index contributed by atoms with van der Waals surface area (Å²) in [6, 6.07) is 27.0. The third kappa shape index (κ3) is 2.81. The summed E-state index contributed by atoms with van der Waals surface area (Å²) in [7, 11) is 0. The Morgan fingerprint density at radius 2 is 1.54 bits per heavy atom. The fraction of sp³-hybridized carbons (Fsp3) is 0.100. The van der Waals surface area contributed by atoms with Crippen molar-refractivity contribution in [3.8, 4) is 0 Å². The van der Waals surface area contributed by atoms with Crippen LogP contribution < -0.4 is 0 Å². The van der Waals surface area contributed by atoms with Crippen LogP contribution in [0.1, 0.15) is 16.5 Å². The third-order valence-corrected chi connectivity index (χ3v) is 5.42. The van der Waals surface area contributed by atoms with Crippen molar-refractivity contribution in [1.82, 2.24) is 15.0 Å². The number of thioether (sulfide) groups is 1. The second-order valence-corrected chi connectivity index (χ2v) is 6.79. The summed E-state index contributed by atoms with van der Waals surface area (Å²) in [5.74, 6) is 0. The van der Waals surface area contributed by atoms with Crippen LogP contribution in [0.15, 0.2) is 83.8 Å². The lowest BCUT2D eigenvalue weighted by Crippen LogP contribution is -2.09. The summed E-state index contributed by atoms with van der Waals surface area (Å²) in [4.78, 5) is 1.26. The van der Waals surface area contributed by atoms with Gasteiger partial charge in [-0.3, -0.25) is 0 Å². The fourth-order valence-electron chi connectivity index (χ4n) is 2.75. The van der Waals surface area contributed by atoms with E-state index in [1.807, 2.05) is 28.9 Å². The number of aryl methyl sites for hydroxylation is 1. The number of aromatic nitrogens is 3. The van der Waals surface area contributed by atoms with Gasteiger partial charge in [-0.05, 0) is 36.2 Å². The molecule has 0 fully saturated rings. The number of hydrogen-bond donors (Lipinski definition) is 0. The molecule has 0 saturated heterocycles. The second-order valence-electron chi connectivity index (χ2n) is 5.67. The van der Waals surface area contributed by atoms with Crippen LogP contribution in [0.3, 0.4) is 0 Å². The maximum Gasteiger partial charge on any atom is 0.129 e. The topological polar surface area (TPSA) is 30.7 Å². The first kappa shape index (κ1) is 15.0. The molecule has 0 amide bonds. The molecule has 0 radical (unpaired) electrons. The zero-order valence-corrected chi connectivity index (χ0v) is 14.1. The van der Waals surface area contributed by atoms with Crippen molar-refractivity contribution in [2.24, 2.45) is 0 Å². The van der Waals surface area contributed by atoms with Gasteiger partial charge in [0.2, 0.25) is 0 Å². The molecule has 4 heteroatoms. The number of hydrogen-bond acceptors (Lipinski definition) is 3. The lowest BCUT2D eigenvalue weighted by atomic mass is 10.2. The largest absolute Gasteiger partial charge is 0.227 e. The molecule has 1 atom stereocenters. The molecule has 0 aliphatic carbocycles. The minimum absolute atomic E-state index is 0.0414. The van der Waals surface area contributed by atoms with E-state index in [1.165, 1.54) is 16.0 Å². The zero-order valence-electron chi connectivity index (χ0n) is 13.3. The Kier molecular flexibility index (Phi) is 4.05. The van der Waals surface area contributed by atoms with Crippen molar-refractivity contribution in [3.63, 3.8) is 0 Å². The van der Waals surface area contributed by atoms with Gasteiger partial charge < -0.3 is 0 Å². The highest BCUT2D eigenvalue weighted by molar-refractivity contribution is 7.99. The Morgan fingerprint density at radius 1 is 0.833 bits per heavy atom. The molecule has 4 aromatic rings. The van der Waals surface area contributed by atoms with Crippen LogP contribution in [0.25, 0.3) is 11.0 Å². The van der Waals surface area contributed by atoms with Crippen LogP contribution in [0, 0.1) is 6.92 Å². The minimum atomic E-state index is 0.0414. The molecule has 0 aliphatic rings. The minimum Gasteiger partial charge on any atom is -0.227 e. The predicted octanol–water partition coefficient (Wildman–Crippen LogP) is 5.08. The van der Waals surface area contributed by atoms with Gasteiger partial charge in [-0.15, -0.1) is 5.10 Å². The van der Waals surface area contributed by atoms with Crippen molar-refractivity contribution in [2.75, 3.05) is 0 Å². The lowest BCUT2D eigenvalue weighted by Gasteiger charge is -2.19. The van der Waals surface area contributed by atoms with Gasteiger partial charge in [0.25, 0.3) is 0 Å². The highest BCUT2D eigenvalue weighted by Gasteiger charge is 2.19. The van der Waals surface area contributed by atoms with Crippen molar-refractivity contribution in [1.29, 1.82) is 0 Å². The molecule has 3 aromatic carbocycles. The van der Waals surface area contributed by atoms with Gasteiger partial charge >= 0.3 is 0 Å². The predicted molar refractivity (Wildman–Crippen MR) is 99.1 cm³/mol. The molecule has 1 unspecified atom stereocenters. The molecule has 0 N–H and O–H groups in total. The molecule has 3 nitrogen and oxygen atoms in total. The van der Waals surface area contributed by atoms with Crippen LogP contribution in [0.5, 0.6) is 0 Å². The van der Waals surface area contributed by atoms with Crippen LogP contribution in [0.2, 0.25) is 0 Å². The summed E-state index contributed by atoms with van der Waals surface area (Å²) in [6.45, 7) is 2.14. The first-order chi connectivity index (χ1) is 11.8. The van der Waals surface area contributed by atoms with Gasteiger partial charge in [-0.25, -0.2) is 4.68 Å². The monoisotopic (exact) mass is 331 g/mol. The summed E-state index contributed by atoms with van der Waals surface area (Å²) < 4.78 is 2.02. The summed E-state index contributed by atoms with van der Waals surface area (Å²) >= 11 is 1.80. The van der Waals surface area contributed by atoms with Gasteiger partial charge in [0, 0.05) is 4.90 Å². The first-order valence-electron chi connectivity index (χ1n) is 7.90. The van der Waals surface area contributed by atoms with Crippen molar-refractivity contribution < 1.29 is 0 Å². The number of benzene rings is 3. The molecule has 4 rings (SSSR count). The first-order valence-corrected chi connectivity index (χ1v) is 8.78. The van der Waals surface area contributed by atoms with Crippen molar-refractivity contribution in [3.05, 3.63) is 90.0 Å². The lowest BCUT2D eigenvalue weighted by molar-refractivity contribution is 0.655. The Morgan fingerprint density at radius 3 is 2.38 bits per heavy atom. The third-order valence-electron chi connectivity index (χ3n) is 4.02. The molecule has 0 bridgehead atoms. The maximum atomic E-state index is 4.44. The average molecular weight is 331 g/mol. The normalized spacial score (nSPS) is 12.4. The molecular weight excluding hydrogens is 314 g/mol. The van der Waals surface area contributed by atoms with E-state index in [-0.39, 0.29) is 5.37 Å². The van der Waals surface area contributed by atoms with Crippen molar-refractivity contribution in [2.45, 2.75) is 17.2 Å². The Hall–Kier alpha value is -2.59. The highest BCUT2D eigenvalue weighted by atomic mass is 32.2. The average Bonchev–Trinajstić information content (AvgIpc) is 3.06. The molecule has 24 heavy (non-hydrogen) atoms. The van der Waals surface area contributed by atoms with Crippen molar-refractivity contribution >= 4 is 22.8 Å². The molecule has 0 spiro atoms. The van der Waals surface area contributed by atoms with Gasteiger partial charge in [-0.2, -0.15) is 0 Å². The number of para-hydroxylation sites is 1. The summed E-state index contributed by atoms with van der Waals surface area (Å²) in [5.41, 5.74) is 4.45. The van der Waals surface area contributed by atoms with Crippen LogP contribution in [-0.2, 0) is 0 Å². The van der Waals surface area contributed by atoms with E-state index in [9.17, 15) is 0 Å². The molecule has 0 saturated carbocycles. The quantitative estimate of drug-likeness (QED) is 0.489. The maximum absolute atomic E-state index is 4.44. The zero-order chi connectivity index (χ0) is 16.4. The standard InChI is InChI=1S/C20H17N3S/c1-15-9-5-8-14-19(15)24-20(16-10-3-2-4-11-16)23-18-13-7-6-12-17(18)21-22-23/h2-14,20H,1H3. The van der Waals surface area contributed by atoms with Gasteiger partial charge in [0.15, 0.2) is 0 Å². The molecular formula is C20H17N3S. The van der Waals surface area contributed by atoms with Crippen LogP contribution >= 0.6 is 11.8 Å². The molecule has 118 valence electrons. The highest BCUT2D eigenvalue weighted by Crippen LogP contribution is 2.38. The van der Waals surface area contributed by atoms with E-state index in [1.54, 1.807) is 11.8 Å². The van der Waals surface area contributed by atoms with E-state index in [2.05, 4.69) is 71.8 Å². The smallest absolute Gasteiger partial charge is 0.129 e. The summed E-state index contributed by atoms with van der Waals surface area (Å²) in [5, 5.41) is 8.81. The Bertz CT molecular complexity index is 963. The van der Waals surface area contributed by atoms with E-state index in [4.69, 9.17) is 0 Å². The van der Waals surface area contributed by atoms with Gasteiger partial charge in [0.05, 0.1) is 5.52 Å². The van der Waals surface area contributed by atoms with Crippen LogP contribution in [-0.4, -0.2) is 15.0 Å². The molecule has 1 heterocycles.